The Labute approximate surface area is 162 Å². The van der Waals surface area contributed by atoms with E-state index in [0.29, 0.717) is 18.4 Å². The average molecular weight is 366 g/mol. The zero-order valence-corrected chi connectivity index (χ0v) is 15.1. The first-order valence-electron chi connectivity index (χ1n) is 9.13. The molecule has 3 aromatic carbocycles. The molecule has 1 N–H and O–H groups in total. The number of para-hydroxylation sites is 2. The molecule has 0 atom stereocenters. The van der Waals surface area contributed by atoms with Crippen molar-refractivity contribution in [1.82, 2.24) is 19.7 Å². The highest BCUT2D eigenvalue weighted by atomic mass is 16.5. The van der Waals surface area contributed by atoms with Crippen LogP contribution in [0, 0.1) is 0 Å². The number of aromatic amines is 1. The molecule has 0 aliphatic rings. The first-order chi connectivity index (χ1) is 13.8. The fourth-order valence-corrected chi connectivity index (χ4v) is 3.13. The molecule has 28 heavy (non-hydrogen) atoms. The third kappa shape index (κ3) is 3.25. The highest BCUT2D eigenvalue weighted by Crippen LogP contribution is 2.20. The lowest BCUT2D eigenvalue weighted by molar-refractivity contribution is 0.292. The number of imidazole rings is 1. The van der Waals surface area contributed by atoms with Crippen LogP contribution in [0.2, 0.25) is 0 Å². The van der Waals surface area contributed by atoms with E-state index >= 15 is 0 Å². The Kier molecular flexibility index (Phi) is 4.10. The average Bonchev–Trinajstić information content (AvgIpc) is 3.40. The topological polar surface area (TPSA) is 55.7 Å². The van der Waals surface area contributed by atoms with Gasteiger partial charge in [-0.25, -0.2) is 9.67 Å². The van der Waals surface area contributed by atoms with Gasteiger partial charge < -0.3 is 9.72 Å². The Bertz CT molecular complexity index is 1170. The number of nitrogens with zero attached hydrogens (tertiary/aromatic N) is 3. The largest absolute Gasteiger partial charge is 0.472 e. The highest BCUT2D eigenvalue weighted by Gasteiger charge is 2.07. The zero-order chi connectivity index (χ0) is 18.8. The summed E-state index contributed by atoms with van der Waals surface area (Å²) >= 11 is 0. The van der Waals surface area contributed by atoms with Crippen LogP contribution in [0.4, 0.5) is 0 Å². The van der Waals surface area contributed by atoms with Gasteiger partial charge in [-0.1, -0.05) is 66.7 Å². The number of fused-ring (bicyclic) bond motifs is 1. The number of rotatable bonds is 5. The summed E-state index contributed by atoms with van der Waals surface area (Å²) in [6.07, 6.45) is 1.84. The number of aromatic nitrogens is 4. The predicted molar refractivity (Wildman–Crippen MR) is 109 cm³/mol. The molecule has 2 aromatic heterocycles. The maximum absolute atomic E-state index is 5.84. The lowest BCUT2D eigenvalue weighted by atomic mass is 10.0. The first kappa shape index (κ1) is 16.3. The second-order valence-electron chi connectivity index (χ2n) is 6.53. The molecule has 0 radical (unpaired) electrons. The summed E-state index contributed by atoms with van der Waals surface area (Å²) in [6, 6.07) is 28.5. The molecule has 0 bridgehead atoms. The van der Waals surface area contributed by atoms with Crippen molar-refractivity contribution in [3.8, 4) is 23.0 Å². The van der Waals surface area contributed by atoms with Gasteiger partial charge >= 0.3 is 0 Å². The van der Waals surface area contributed by atoms with E-state index in [1.807, 2.05) is 54.7 Å². The number of hydrogen-bond acceptors (Lipinski definition) is 3. The van der Waals surface area contributed by atoms with Crippen molar-refractivity contribution in [2.75, 3.05) is 0 Å². The third-order valence-corrected chi connectivity index (χ3v) is 4.61. The van der Waals surface area contributed by atoms with Gasteiger partial charge in [0, 0.05) is 12.3 Å². The molecule has 5 rings (SSSR count). The number of H-pyrrole nitrogens is 1. The molecular formula is C23H18N4O. The van der Waals surface area contributed by atoms with Crippen molar-refractivity contribution in [1.29, 1.82) is 0 Å². The monoisotopic (exact) mass is 366 g/mol. The summed E-state index contributed by atoms with van der Waals surface area (Å²) in [5.41, 5.74) is 5.39. The molecule has 0 amide bonds. The minimum absolute atomic E-state index is 0.464. The normalized spacial score (nSPS) is 11.0. The van der Waals surface area contributed by atoms with Crippen LogP contribution in [0.5, 0.6) is 5.88 Å². The minimum atomic E-state index is 0.464. The molecule has 0 spiro atoms. The van der Waals surface area contributed by atoms with Crippen LogP contribution in [0.25, 0.3) is 28.1 Å². The van der Waals surface area contributed by atoms with Gasteiger partial charge in [0.1, 0.15) is 6.61 Å². The van der Waals surface area contributed by atoms with E-state index in [-0.39, 0.29) is 0 Å². The lowest BCUT2D eigenvalue weighted by Crippen LogP contribution is -1.99. The number of ether oxygens (including phenoxy) is 1. The Morgan fingerprint density at radius 3 is 2.36 bits per heavy atom. The summed E-state index contributed by atoms with van der Waals surface area (Å²) in [5.74, 6) is 1.23. The minimum Gasteiger partial charge on any atom is -0.472 e. The molecule has 0 saturated carbocycles. The fraction of sp³-hybridized carbons (Fsp3) is 0.0435. The van der Waals surface area contributed by atoms with Gasteiger partial charge in [0.15, 0.2) is 0 Å². The summed E-state index contributed by atoms with van der Waals surface area (Å²) in [5, 5.41) is 4.46. The fourth-order valence-electron chi connectivity index (χ4n) is 3.13. The highest BCUT2D eigenvalue weighted by molar-refractivity contribution is 5.75. The molecule has 0 aliphatic heterocycles. The van der Waals surface area contributed by atoms with E-state index in [2.05, 4.69) is 51.5 Å². The maximum Gasteiger partial charge on any atom is 0.233 e. The molecule has 0 aliphatic carbocycles. The van der Waals surface area contributed by atoms with Crippen LogP contribution in [0.1, 0.15) is 5.56 Å². The van der Waals surface area contributed by atoms with Crippen LogP contribution in [-0.4, -0.2) is 19.7 Å². The van der Waals surface area contributed by atoms with Gasteiger partial charge in [-0.05, 0) is 28.8 Å². The number of benzene rings is 3. The van der Waals surface area contributed by atoms with E-state index in [1.54, 1.807) is 4.68 Å². The van der Waals surface area contributed by atoms with Gasteiger partial charge in [-0.2, -0.15) is 0 Å². The smallest absolute Gasteiger partial charge is 0.233 e. The van der Waals surface area contributed by atoms with Gasteiger partial charge in [0.25, 0.3) is 0 Å². The van der Waals surface area contributed by atoms with Gasteiger partial charge in [-0.3, -0.25) is 0 Å². The molecule has 2 heterocycles. The van der Waals surface area contributed by atoms with Crippen LogP contribution in [0.3, 0.4) is 0 Å². The second kappa shape index (κ2) is 7.04. The van der Waals surface area contributed by atoms with Crippen molar-refractivity contribution in [3.63, 3.8) is 0 Å². The molecule has 0 fully saturated rings. The van der Waals surface area contributed by atoms with Crippen molar-refractivity contribution >= 4 is 11.0 Å². The quantitative estimate of drug-likeness (QED) is 0.476. The van der Waals surface area contributed by atoms with E-state index in [9.17, 15) is 0 Å². The van der Waals surface area contributed by atoms with Crippen LogP contribution in [0.15, 0.2) is 91.1 Å². The van der Waals surface area contributed by atoms with Gasteiger partial charge in [0.2, 0.25) is 11.8 Å². The lowest BCUT2D eigenvalue weighted by Gasteiger charge is -2.05. The Morgan fingerprint density at radius 1 is 0.786 bits per heavy atom. The van der Waals surface area contributed by atoms with E-state index in [0.717, 1.165) is 16.6 Å². The van der Waals surface area contributed by atoms with E-state index in [4.69, 9.17) is 4.74 Å². The molecule has 136 valence electrons. The summed E-state index contributed by atoms with van der Waals surface area (Å²) in [6.45, 7) is 0.464. The van der Waals surface area contributed by atoms with E-state index in [1.165, 1.54) is 11.1 Å². The molecule has 5 nitrogen and oxygen atoms in total. The van der Waals surface area contributed by atoms with Crippen LogP contribution >= 0.6 is 0 Å². The van der Waals surface area contributed by atoms with Crippen molar-refractivity contribution in [2.24, 2.45) is 0 Å². The molecule has 0 unspecified atom stereocenters. The third-order valence-electron chi connectivity index (χ3n) is 4.61. The zero-order valence-electron chi connectivity index (χ0n) is 15.1. The Balaban J connectivity index is 1.27. The summed E-state index contributed by atoms with van der Waals surface area (Å²) < 4.78 is 7.53. The van der Waals surface area contributed by atoms with Crippen molar-refractivity contribution < 1.29 is 4.74 Å². The predicted octanol–water partition coefficient (Wildman–Crippen LogP) is 4.99. The molecule has 0 saturated heterocycles. The Hall–Kier alpha value is -3.86. The molecule has 5 aromatic rings. The van der Waals surface area contributed by atoms with Gasteiger partial charge in [0.05, 0.1) is 11.0 Å². The van der Waals surface area contributed by atoms with Crippen LogP contribution in [-0.2, 0) is 6.61 Å². The van der Waals surface area contributed by atoms with Crippen LogP contribution < -0.4 is 4.74 Å². The maximum atomic E-state index is 5.84. The second-order valence-corrected chi connectivity index (χ2v) is 6.53. The van der Waals surface area contributed by atoms with Crippen molar-refractivity contribution in [3.05, 3.63) is 96.7 Å². The van der Waals surface area contributed by atoms with Crippen molar-refractivity contribution in [2.45, 2.75) is 6.61 Å². The standard InChI is InChI=1S/C23H18N4O/c1-2-6-18(7-3-1)19-12-10-17(11-13-19)16-28-22-14-15-27(26-22)23-24-20-8-4-5-9-21(20)25-23/h1-15H,16H2,(H,24,25). The van der Waals surface area contributed by atoms with Gasteiger partial charge in [-0.15, -0.1) is 5.10 Å². The number of nitrogens with one attached hydrogen (secondary N) is 1. The number of hydrogen-bond donors (Lipinski definition) is 1. The molecular weight excluding hydrogens is 348 g/mol. The summed E-state index contributed by atoms with van der Waals surface area (Å²) in [7, 11) is 0. The first-order valence-corrected chi connectivity index (χ1v) is 9.13. The van der Waals surface area contributed by atoms with E-state index < -0.39 is 0 Å². The Morgan fingerprint density at radius 2 is 1.54 bits per heavy atom. The summed E-state index contributed by atoms with van der Waals surface area (Å²) in [4.78, 5) is 7.80. The SMILES string of the molecule is c1ccc(-c2ccc(COc3ccn(-c4nc5ccccc5[nH]4)n3)cc2)cc1. The molecule has 5 heteroatoms.